The van der Waals surface area contributed by atoms with E-state index in [4.69, 9.17) is 0 Å². The highest BCUT2D eigenvalue weighted by Crippen LogP contribution is 2.21. The third kappa shape index (κ3) is 3.34. The van der Waals surface area contributed by atoms with Crippen LogP contribution in [0.15, 0.2) is 18.2 Å². The maximum atomic E-state index is 11.8. The Morgan fingerprint density at radius 2 is 1.88 bits per heavy atom. The summed E-state index contributed by atoms with van der Waals surface area (Å²) in [6.07, 6.45) is 1.97. The van der Waals surface area contributed by atoms with Gasteiger partial charge in [-0.2, -0.15) is 11.8 Å². The van der Waals surface area contributed by atoms with Gasteiger partial charge in [-0.05, 0) is 18.4 Å². The minimum Gasteiger partial charge on any atom is -0.508 e. The second-order valence-corrected chi connectivity index (χ2v) is 4.44. The lowest BCUT2D eigenvalue weighted by Crippen LogP contribution is -2.28. The van der Waals surface area contributed by atoms with Gasteiger partial charge in [-0.25, -0.2) is 0 Å². The summed E-state index contributed by atoms with van der Waals surface area (Å²) in [7, 11) is 1.69. The number of rotatable bonds is 4. The maximum absolute atomic E-state index is 11.8. The SMILES string of the molecule is CSCCN(C)C(=O)c1cc(O)cc(O)c1. The van der Waals surface area contributed by atoms with E-state index >= 15 is 0 Å². The van der Waals surface area contributed by atoms with E-state index in [1.54, 1.807) is 23.7 Å². The van der Waals surface area contributed by atoms with Crippen molar-refractivity contribution in [1.29, 1.82) is 0 Å². The second kappa shape index (κ2) is 5.65. The number of phenols is 2. The number of carbonyl (C=O) groups is 1. The molecule has 0 bridgehead atoms. The van der Waals surface area contributed by atoms with Gasteiger partial charge >= 0.3 is 0 Å². The quantitative estimate of drug-likeness (QED) is 0.839. The molecule has 0 spiro atoms. The average molecular weight is 241 g/mol. The fourth-order valence-corrected chi connectivity index (χ4v) is 1.73. The molecule has 0 heterocycles. The molecule has 0 unspecified atom stereocenters. The van der Waals surface area contributed by atoms with Crippen LogP contribution in [0.5, 0.6) is 11.5 Å². The van der Waals surface area contributed by atoms with Gasteiger partial charge in [0.1, 0.15) is 11.5 Å². The summed E-state index contributed by atoms with van der Waals surface area (Å²) in [5.41, 5.74) is 0.293. The van der Waals surface area contributed by atoms with Crippen molar-refractivity contribution in [1.82, 2.24) is 4.90 Å². The van der Waals surface area contributed by atoms with Crippen LogP contribution in [0.4, 0.5) is 0 Å². The number of carbonyl (C=O) groups excluding carboxylic acids is 1. The van der Waals surface area contributed by atoms with E-state index in [9.17, 15) is 15.0 Å². The Labute approximate surface area is 98.9 Å². The van der Waals surface area contributed by atoms with Gasteiger partial charge in [-0.3, -0.25) is 4.79 Å². The molecule has 0 saturated heterocycles. The molecule has 5 heteroatoms. The maximum Gasteiger partial charge on any atom is 0.253 e. The molecule has 1 amide bonds. The zero-order chi connectivity index (χ0) is 12.1. The Hall–Kier alpha value is -1.36. The van der Waals surface area contributed by atoms with Crippen LogP contribution in [0.3, 0.4) is 0 Å². The average Bonchev–Trinajstić information content (AvgIpc) is 2.23. The molecule has 0 aliphatic carbocycles. The monoisotopic (exact) mass is 241 g/mol. The fourth-order valence-electron chi connectivity index (χ4n) is 1.27. The van der Waals surface area contributed by atoms with Gasteiger partial charge < -0.3 is 15.1 Å². The molecule has 0 radical (unpaired) electrons. The third-order valence-electron chi connectivity index (χ3n) is 2.13. The number of amides is 1. The van der Waals surface area contributed by atoms with E-state index in [0.29, 0.717) is 12.1 Å². The Morgan fingerprint density at radius 3 is 2.38 bits per heavy atom. The van der Waals surface area contributed by atoms with Crippen LogP contribution in [-0.2, 0) is 0 Å². The van der Waals surface area contributed by atoms with Gasteiger partial charge in [0, 0.05) is 31.0 Å². The molecule has 0 saturated carbocycles. The minimum atomic E-state index is -0.208. The summed E-state index contributed by atoms with van der Waals surface area (Å²) in [6, 6.07) is 3.88. The normalized spacial score (nSPS) is 10.1. The van der Waals surface area contributed by atoms with Crippen LogP contribution >= 0.6 is 11.8 Å². The Morgan fingerprint density at radius 1 is 1.31 bits per heavy atom. The number of aromatic hydroxyl groups is 2. The van der Waals surface area contributed by atoms with Gasteiger partial charge in [-0.1, -0.05) is 0 Å². The summed E-state index contributed by atoms with van der Waals surface area (Å²) in [5.74, 6) is 0.427. The smallest absolute Gasteiger partial charge is 0.253 e. The molecular weight excluding hydrogens is 226 g/mol. The third-order valence-corrected chi connectivity index (χ3v) is 2.72. The standard InChI is InChI=1S/C11H15NO3S/c1-12(3-4-16-2)11(15)8-5-9(13)7-10(14)6-8/h5-7,13-14H,3-4H2,1-2H3. The summed E-state index contributed by atoms with van der Waals surface area (Å²) >= 11 is 1.66. The second-order valence-electron chi connectivity index (χ2n) is 3.46. The van der Waals surface area contributed by atoms with Crippen molar-refractivity contribution in [3.8, 4) is 11.5 Å². The van der Waals surface area contributed by atoms with Crippen LogP contribution in [0, 0.1) is 0 Å². The Balaban J connectivity index is 2.79. The van der Waals surface area contributed by atoms with Gasteiger partial charge in [-0.15, -0.1) is 0 Å². The van der Waals surface area contributed by atoms with Crippen molar-refractivity contribution < 1.29 is 15.0 Å². The molecule has 0 atom stereocenters. The number of benzene rings is 1. The molecule has 0 aromatic heterocycles. The highest BCUT2D eigenvalue weighted by molar-refractivity contribution is 7.98. The highest BCUT2D eigenvalue weighted by atomic mass is 32.2. The molecule has 2 N–H and O–H groups in total. The zero-order valence-electron chi connectivity index (χ0n) is 9.30. The molecule has 16 heavy (non-hydrogen) atoms. The molecular formula is C11H15NO3S. The van der Waals surface area contributed by atoms with Crippen LogP contribution in [-0.4, -0.2) is 46.6 Å². The number of nitrogens with zero attached hydrogens (tertiary/aromatic N) is 1. The molecule has 0 aliphatic rings. The van der Waals surface area contributed by atoms with E-state index in [-0.39, 0.29) is 17.4 Å². The van der Waals surface area contributed by atoms with Gasteiger partial charge in [0.25, 0.3) is 5.91 Å². The molecule has 0 aliphatic heterocycles. The van der Waals surface area contributed by atoms with Crippen molar-refractivity contribution in [3.05, 3.63) is 23.8 Å². The van der Waals surface area contributed by atoms with Crippen LogP contribution in [0.25, 0.3) is 0 Å². The number of thioether (sulfide) groups is 1. The van der Waals surface area contributed by atoms with E-state index in [1.165, 1.54) is 18.2 Å². The van der Waals surface area contributed by atoms with Gasteiger partial charge in [0.2, 0.25) is 0 Å². The van der Waals surface area contributed by atoms with Crippen molar-refractivity contribution in [2.24, 2.45) is 0 Å². The van der Waals surface area contributed by atoms with Crippen molar-refractivity contribution in [3.63, 3.8) is 0 Å². The lowest BCUT2D eigenvalue weighted by molar-refractivity contribution is 0.0803. The van der Waals surface area contributed by atoms with Crippen LogP contribution < -0.4 is 0 Å². The van der Waals surface area contributed by atoms with E-state index in [2.05, 4.69) is 0 Å². The first-order valence-electron chi connectivity index (χ1n) is 4.82. The molecule has 4 nitrogen and oxygen atoms in total. The summed E-state index contributed by atoms with van der Waals surface area (Å²) < 4.78 is 0. The van der Waals surface area contributed by atoms with Crippen LogP contribution in [0.1, 0.15) is 10.4 Å². The minimum absolute atomic E-state index is 0.110. The van der Waals surface area contributed by atoms with Crippen molar-refractivity contribution >= 4 is 17.7 Å². The van der Waals surface area contributed by atoms with Crippen molar-refractivity contribution in [2.75, 3.05) is 25.6 Å². The van der Waals surface area contributed by atoms with Gasteiger partial charge in [0.15, 0.2) is 0 Å². The summed E-state index contributed by atoms with van der Waals surface area (Å²) in [4.78, 5) is 13.4. The summed E-state index contributed by atoms with van der Waals surface area (Å²) in [6.45, 7) is 0.635. The number of hydrogen-bond acceptors (Lipinski definition) is 4. The summed E-state index contributed by atoms with van der Waals surface area (Å²) in [5, 5.41) is 18.5. The molecule has 1 aromatic carbocycles. The zero-order valence-corrected chi connectivity index (χ0v) is 10.1. The number of hydrogen-bond donors (Lipinski definition) is 2. The predicted molar refractivity (Wildman–Crippen MR) is 65.1 cm³/mol. The van der Waals surface area contributed by atoms with E-state index in [1.807, 2.05) is 6.26 Å². The van der Waals surface area contributed by atoms with E-state index < -0.39 is 0 Å². The lowest BCUT2D eigenvalue weighted by atomic mass is 10.2. The first kappa shape index (κ1) is 12.7. The largest absolute Gasteiger partial charge is 0.508 e. The first-order chi connectivity index (χ1) is 7.54. The lowest BCUT2D eigenvalue weighted by Gasteiger charge is -2.16. The molecule has 1 rings (SSSR count). The molecule has 1 aromatic rings. The highest BCUT2D eigenvalue weighted by Gasteiger charge is 2.12. The Bertz CT molecular complexity index is 361. The van der Waals surface area contributed by atoms with E-state index in [0.717, 1.165) is 5.75 Å². The first-order valence-corrected chi connectivity index (χ1v) is 6.21. The Kier molecular flexibility index (Phi) is 4.49. The van der Waals surface area contributed by atoms with Crippen molar-refractivity contribution in [2.45, 2.75) is 0 Å². The topological polar surface area (TPSA) is 60.8 Å². The predicted octanol–water partition coefficient (Wildman–Crippen LogP) is 1.53. The molecule has 0 fully saturated rings. The van der Waals surface area contributed by atoms with Gasteiger partial charge in [0.05, 0.1) is 0 Å². The fraction of sp³-hybridized carbons (Fsp3) is 0.364. The number of phenolic OH excluding ortho intramolecular Hbond substituents is 2. The van der Waals surface area contributed by atoms with Crippen LogP contribution in [0.2, 0.25) is 0 Å². The molecule has 88 valence electrons.